The van der Waals surface area contributed by atoms with Crippen LogP contribution in [0.4, 0.5) is 0 Å². The first-order chi connectivity index (χ1) is 6.15. The Bertz CT molecular complexity index is 272. The van der Waals surface area contributed by atoms with E-state index in [9.17, 15) is 0 Å². The second-order valence-electron chi connectivity index (χ2n) is 2.29. The van der Waals surface area contributed by atoms with Gasteiger partial charge >= 0.3 is 0 Å². The molecule has 0 bridgehead atoms. The lowest BCUT2D eigenvalue weighted by molar-refractivity contribution is 1.03. The Balaban J connectivity index is 4.67. The van der Waals surface area contributed by atoms with E-state index >= 15 is 0 Å². The summed E-state index contributed by atoms with van der Waals surface area (Å²) in [7, 11) is 0. The molecule has 0 aliphatic rings. The fraction of sp³-hybridized carbons (Fsp3) is 0. The first-order valence-electron chi connectivity index (χ1n) is 3.74. The molecule has 0 radical (unpaired) electrons. The summed E-state index contributed by atoms with van der Waals surface area (Å²) in [4.78, 5) is 0. The summed E-state index contributed by atoms with van der Waals surface area (Å²) < 4.78 is 0. The lowest BCUT2D eigenvalue weighted by Crippen LogP contribution is -2.14. The van der Waals surface area contributed by atoms with E-state index in [4.69, 9.17) is 11.5 Å². The molecule has 0 fully saturated rings. The SMILES string of the molecule is C=CC(=C)N/C(C=C)=C(N)/C=C\N. The van der Waals surface area contributed by atoms with Gasteiger partial charge < -0.3 is 16.8 Å². The molecule has 0 aromatic rings. The first-order valence-corrected chi connectivity index (χ1v) is 3.74. The van der Waals surface area contributed by atoms with Crippen LogP contribution in [0.5, 0.6) is 0 Å². The van der Waals surface area contributed by atoms with Gasteiger partial charge in [-0.15, -0.1) is 0 Å². The first kappa shape index (κ1) is 11.1. The molecule has 0 aromatic carbocycles. The van der Waals surface area contributed by atoms with Crippen molar-refractivity contribution in [3.05, 3.63) is 61.3 Å². The number of hydrogen-bond acceptors (Lipinski definition) is 3. The molecule has 70 valence electrons. The van der Waals surface area contributed by atoms with Crippen LogP contribution in [0.2, 0.25) is 0 Å². The topological polar surface area (TPSA) is 64.1 Å². The van der Waals surface area contributed by atoms with Crippen LogP contribution in [0, 0.1) is 0 Å². The molecular weight excluding hydrogens is 162 g/mol. The molecular formula is C10H15N3. The van der Waals surface area contributed by atoms with Crippen LogP contribution in [0.1, 0.15) is 0 Å². The molecule has 0 atom stereocenters. The molecule has 0 aliphatic heterocycles. The lowest BCUT2D eigenvalue weighted by Gasteiger charge is -2.08. The molecule has 3 heteroatoms. The van der Waals surface area contributed by atoms with Crippen LogP contribution in [0.15, 0.2) is 61.3 Å². The van der Waals surface area contributed by atoms with Gasteiger partial charge in [0.1, 0.15) is 0 Å². The molecule has 0 spiro atoms. The van der Waals surface area contributed by atoms with E-state index in [0.717, 1.165) is 0 Å². The highest BCUT2D eigenvalue weighted by molar-refractivity contribution is 5.32. The molecule has 13 heavy (non-hydrogen) atoms. The van der Waals surface area contributed by atoms with Gasteiger partial charge in [0.15, 0.2) is 0 Å². The molecule has 0 rings (SSSR count). The van der Waals surface area contributed by atoms with Crippen molar-refractivity contribution in [1.29, 1.82) is 0 Å². The Kier molecular flexibility index (Phi) is 4.88. The van der Waals surface area contributed by atoms with Gasteiger partial charge in [0.25, 0.3) is 0 Å². The molecule has 0 saturated heterocycles. The number of rotatable bonds is 5. The van der Waals surface area contributed by atoms with Crippen LogP contribution in [-0.2, 0) is 0 Å². The smallest absolute Gasteiger partial charge is 0.0612 e. The summed E-state index contributed by atoms with van der Waals surface area (Å²) in [5.74, 6) is 0. The third-order valence-electron chi connectivity index (χ3n) is 1.33. The van der Waals surface area contributed by atoms with Gasteiger partial charge in [0.05, 0.1) is 11.4 Å². The van der Waals surface area contributed by atoms with Gasteiger partial charge in [-0.2, -0.15) is 0 Å². The van der Waals surface area contributed by atoms with Crippen molar-refractivity contribution in [2.24, 2.45) is 11.5 Å². The van der Waals surface area contributed by atoms with E-state index in [1.54, 1.807) is 18.2 Å². The molecule has 0 unspecified atom stereocenters. The summed E-state index contributed by atoms with van der Waals surface area (Å²) in [6.45, 7) is 10.8. The molecule has 0 amide bonds. The minimum absolute atomic E-state index is 0.500. The Hall–Kier alpha value is -1.90. The molecule has 0 aliphatic carbocycles. The van der Waals surface area contributed by atoms with E-state index in [1.807, 2.05) is 0 Å². The van der Waals surface area contributed by atoms with Crippen LogP contribution in [-0.4, -0.2) is 0 Å². The Morgan fingerprint density at radius 1 is 1.23 bits per heavy atom. The van der Waals surface area contributed by atoms with Gasteiger partial charge in [0, 0.05) is 5.70 Å². The van der Waals surface area contributed by atoms with E-state index in [2.05, 4.69) is 25.1 Å². The Labute approximate surface area is 78.8 Å². The minimum Gasteiger partial charge on any atom is -0.405 e. The van der Waals surface area contributed by atoms with Crippen LogP contribution < -0.4 is 16.8 Å². The molecule has 0 heterocycles. The van der Waals surface area contributed by atoms with E-state index < -0.39 is 0 Å². The maximum atomic E-state index is 5.65. The van der Waals surface area contributed by atoms with Crippen molar-refractivity contribution >= 4 is 0 Å². The second-order valence-corrected chi connectivity index (χ2v) is 2.29. The Morgan fingerprint density at radius 3 is 2.23 bits per heavy atom. The van der Waals surface area contributed by atoms with E-state index in [1.165, 1.54) is 6.20 Å². The zero-order valence-electron chi connectivity index (χ0n) is 7.59. The van der Waals surface area contributed by atoms with Gasteiger partial charge in [-0.05, 0) is 24.4 Å². The summed E-state index contributed by atoms with van der Waals surface area (Å²) in [5, 5.41) is 2.92. The fourth-order valence-corrected chi connectivity index (χ4v) is 0.659. The third-order valence-corrected chi connectivity index (χ3v) is 1.33. The summed E-state index contributed by atoms with van der Waals surface area (Å²) in [6, 6.07) is 0. The van der Waals surface area contributed by atoms with Crippen molar-refractivity contribution in [2.75, 3.05) is 0 Å². The normalized spacial score (nSPS) is 12.0. The molecule has 0 aromatic heterocycles. The van der Waals surface area contributed by atoms with Crippen molar-refractivity contribution in [2.45, 2.75) is 0 Å². The predicted molar refractivity (Wildman–Crippen MR) is 57.2 cm³/mol. The maximum absolute atomic E-state index is 5.65. The lowest BCUT2D eigenvalue weighted by atomic mass is 10.3. The van der Waals surface area contributed by atoms with Crippen LogP contribution >= 0.6 is 0 Å². The molecule has 5 N–H and O–H groups in total. The number of nitrogens with one attached hydrogen (secondary N) is 1. The van der Waals surface area contributed by atoms with Gasteiger partial charge in [-0.3, -0.25) is 0 Å². The number of hydrogen-bond donors (Lipinski definition) is 3. The minimum atomic E-state index is 0.500. The predicted octanol–water partition coefficient (Wildman–Crippen LogP) is 1.10. The zero-order valence-corrected chi connectivity index (χ0v) is 7.59. The summed E-state index contributed by atoms with van der Waals surface area (Å²) in [5.41, 5.74) is 12.6. The fourth-order valence-electron chi connectivity index (χ4n) is 0.659. The monoisotopic (exact) mass is 177 g/mol. The van der Waals surface area contributed by atoms with Gasteiger partial charge in [-0.1, -0.05) is 19.7 Å². The third kappa shape index (κ3) is 3.86. The molecule has 3 nitrogen and oxygen atoms in total. The average molecular weight is 177 g/mol. The largest absolute Gasteiger partial charge is 0.405 e. The summed E-state index contributed by atoms with van der Waals surface area (Å²) >= 11 is 0. The highest BCUT2D eigenvalue weighted by Gasteiger charge is 1.95. The van der Waals surface area contributed by atoms with Crippen molar-refractivity contribution in [3.63, 3.8) is 0 Å². The van der Waals surface area contributed by atoms with Crippen molar-refractivity contribution in [1.82, 2.24) is 5.32 Å². The van der Waals surface area contributed by atoms with Gasteiger partial charge in [-0.25, -0.2) is 0 Å². The number of nitrogens with two attached hydrogens (primary N) is 2. The summed E-state index contributed by atoms with van der Waals surface area (Å²) in [6.07, 6.45) is 6.10. The quantitative estimate of drug-likeness (QED) is 0.551. The van der Waals surface area contributed by atoms with Crippen LogP contribution in [0.25, 0.3) is 0 Å². The van der Waals surface area contributed by atoms with E-state index in [0.29, 0.717) is 17.1 Å². The van der Waals surface area contributed by atoms with Gasteiger partial charge in [0.2, 0.25) is 0 Å². The maximum Gasteiger partial charge on any atom is 0.0612 e. The second kappa shape index (κ2) is 5.71. The standard InChI is InChI=1S/C10H15N3/c1-4-8(3)13-10(5-2)9(12)6-7-11/h4-7,13H,1-3,11-12H2/b7-6-,10-9-. The van der Waals surface area contributed by atoms with E-state index in [-0.39, 0.29) is 0 Å². The van der Waals surface area contributed by atoms with Crippen LogP contribution in [0.3, 0.4) is 0 Å². The average Bonchev–Trinajstić information content (AvgIpc) is 2.14. The molecule has 0 saturated carbocycles. The zero-order chi connectivity index (χ0) is 10.3. The van der Waals surface area contributed by atoms with Crippen molar-refractivity contribution < 1.29 is 0 Å². The number of allylic oxidation sites excluding steroid dienone is 3. The van der Waals surface area contributed by atoms with Crippen molar-refractivity contribution in [3.8, 4) is 0 Å². The highest BCUT2D eigenvalue weighted by atomic mass is 14.9. The highest BCUT2D eigenvalue weighted by Crippen LogP contribution is 2.00. The Morgan fingerprint density at radius 2 is 1.85 bits per heavy atom.